The highest BCUT2D eigenvalue weighted by molar-refractivity contribution is 5.70. The number of fused-ring (bicyclic) bond motifs is 1. The first-order valence-electron chi connectivity index (χ1n) is 5.91. The SMILES string of the molecule is COc1ccc(-c2nn3cccnc3c2CO)cc1. The van der Waals surface area contributed by atoms with Gasteiger partial charge in [-0.25, -0.2) is 9.50 Å². The molecule has 0 saturated heterocycles. The number of hydrogen-bond donors (Lipinski definition) is 1. The zero-order valence-electron chi connectivity index (χ0n) is 10.4. The minimum atomic E-state index is -0.0954. The lowest BCUT2D eigenvalue weighted by Gasteiger charge is -2.02. The van der Waals surface area contributed by atoms with Gasteiger partial charge in [-0.1, -0.05) is 0 Å². The second-order valence-corrected chi connectivity index (χ2v) is 4.10. The number of aromatic nitrogens is 3. The van der Waals surface area contributed by atoms with Gasteiger partial charge in [-0.3, -0.25) is 0 Å². The van der Waals surface area contributed by atoms with Gasteiger partial charge in [0.05, 0.1) is 19.3 Å². The number of ether oxygens (including phenoxy) is 1. The van der Waals surface area contributed by atoms with Crippen LogP contribution in [0.15, 0.2) is 42.7 Å². The molecule has 2 aromatic heterocycles. The van der Waals surface area contributed by atoms with E-state index in [1.807, 2.05) is 30.5 Å². The van der Waals surface area contributed by atoms with Crippen molar-refractivity contribution < 1.29 is 9.84 Å². The predicted octanol–water partition coefficient (Wildman–Crippen LogP) is 1.90. The monoisotopic (exact) mass is 255 g/mol. The van der Waals surface area contributed by atoms with E-state index in [-0.39, 0.29) is 6.61 Å². The Balaban J connectivity index is 2.17. The van der Waals surface area contributed by atoms with Crippen LogP contribution in [0.1, 0.15) is 5.56 Å². The van der Waals surface area contributed by atoms with E-state index < -0.39 is 0 Å². The van der Waals surface area contributed by atoms with Crippen molar-refractivity contribution in [3.63, 3.8) is 0 Å². The molecule has 3 rings (SSSR count). The van der Waals surface area contributed by atoms with Crippen LogP contribution in [0.5, 0.6) is 5.75 Å². The smallest absolute Gasteiger partial charge is 0.161 e. The fourth-order valence-electron chi connectivity index (χ4n) is 2.06. The van der Waals surface area contributed by atoms with Crippen LogP contribution in [-0.2, 0) is 6.61 Å². The third kappa shape index (κ3) is 1.94. The van der Waals surface area contributed by atoms with Gasteiger partial charge in [-0.2, -0.15) is 5.10 Å². The minimum Gasteiger partial charge on any atom is -0.497 e. The summed E-state index contributed by atoms with van der Waals surface area (Å²) in [6.07, 6.45) is 3.50. The van der Waals surface area contributed by atoms with Crippen LogP contribution < -0.4 is 4.74 Å². The Bertz CT molecular complexity index is 704. The molecule has 0 aliphatic heterocycles. The number of nitrogens with zero attached hydrogens (tertiary/aromatic N) is 3. The van der Waals surface area contributed by atoms with Crippen molar-refractivity contribution in [2.75, 3.05) is 7.11 Å². The molecule has 0 spiro atoms. The maximum atomic E-state index is 9.55. The number of aliphatic hydroxyl groups is 1. The molecule has 3 aromatic rings. The molecule has 2 heterocycles. The van der Waals surface area contributed by atoms with Crippen molar-refractivity contribution in [3.8, 4) is 17.0 Å². The second kappa shape index (κ2) is 4.70. The van der Waals surface area contributed by atoms with Gasteiger partial charge in [0.15, 0.2) is 5.65 Å². The summed E-state index contributed by atoms with van der Waals surface area (Å²) in [5.74, 6) is 0.788. The second-order valence-electron chi connectivity index (χ2n) is 4.10. The van der Waals surface area contributed by atoms with Crippen LogP contribution in [0.2, 0.25) is 0 Å². The van der Waals surface area contributed by atoms with Crippen molar-refractivity contribution >= 4 is 5.65 Å². The molecule has 0 saturated carbocycles. The van der Waals surface area contributed by atoms with E-state index in [1.165, 1.54) is 0 Å². The van der Waals surface area contributed by atoms with Gasteiger partial charge in [0.25, 0.3) is 0 Å². The van der Waals surface area contributed by atoms with Gasteiger partial charge in [0.1, 0.15) is 11.4 Å². The molecular formula is C14H13N3O2. The summed E-state index contributed by atoms with van der Waals surface area (Å²) in [6, 6.07) is 9.38. The number of aliphatic hydroxyl groups excluding tert-OH is 1. The summed E-state index contributed by atoms with van der Waals surface area (Å²) in [4.78, 5) is 4.25. The third-order valence-corrected chi connectivity index (χ3v) is 3.01. The van der Waals surface area contributed by atoms with Crippen LogP contribution >= 0.6 is 0 Å². The number of hydrogen-bond acceptors (Lipinski definition) is 4. The third-order valence-electron chi connectivity index (χ3n) is 3.01. The zero-order valence-corrected chi connectivity index (χ0v) is 10.4. The molecule has 0 radical (unpaired) electrons. The van der Waals surface area contributed by atoms with Crippen molar-refractivity contribution in [1.29, 1.82) is 0 Å². The van der Waals surface area contributed by atoms with Gasteiger partial charge >= 0.3 is 0 Å². The normalized spacial score (nSPS) is 10.8. The largest absolute Gasteiger partial charge is 0.497 e. The van der Waals surface area contributed by atoms with Crippen LogP contribution in [0.25, 0.3) is 16.9 Å². The summed E-state index contributed by atoms with van der Waals surface area (Å²) in [6.45, 7) is -0.0954. The highest BCUT2D eigenvalue weighted by Crippen LogP contribution is 2.26. The molecule has 96 valence electrons. The molecule has 0 aliphatic rings. The fraction of sp³-hybridized carbons (Fsp3) is 0.143. The molecule has 5 heteroatoms. The Morgan fingerprint density at radius 2 is 2.05 bits per heavy atom. The summed E-state index contributed by atoms with van der Waals surface area (Å²) in [5.41, 5.74) is 3.07. The molecule has 0 amide bonds. The molecule has 0 fully saturated rings. The van der Waals surface area contributed by atoms with Crippen molar-refractivity contribution in [1.82, 2.24) is 14.6 Å². The molecule has 0 atom stereocenters. The van der Waals surface area contributed by atoms with Gasteiger partial charge in [-0.05, 0) is 30.3 Å². The maximum absolute atomic E-state index is 9.55. The summed E-state index contributed by atoms with van der Waals surface area (Å²) < 4.78 is 6.80. The topological polar surface area (TPSA) is 59.7 Å². The fourth-order valence-corrected chi connectivity index (χ4v) is 2.06. The molecule has 19 heavy (non-hydrogen) atoms. The van der Waals surface area contributed by atoms with Crippen LogP contribution in [0, 0.1) is 0 Å². The predicted molar refractivity (Wildman–Crippen MR) is 70.9 cm³/mol. The maximum Gasteiger partial charge on any atom is 0.161 e. The minimum absolute atomic E-state index is 0.0954. The van der Waals surface area contributed by atoms with Crippen LogP contribution in [-0.4, -0.2) is 26.8 Å². The lowest BCUT2D eigenvalue weighted by Crippen LogP contribution is -1.89. The first-order chi connectivity index (χ1) is 9.33. The van der Waals surface area contributed by atoms with E-state index in [2.05, 4.69) is 10.1 Å². The van der Waals surface area contributed by atoms with E-state index in [0.29, 0.717) is 5.65 Å². The van der Waals surface area contributed by atoms with Crippen LogP contribution in [0.3, 0.4) is 0 Å². The summed E-state index contributed by atoms with van der Waals surface area (Å²) in [5, 5.41) is 14.0. The Morgan fingerprint density at radius 1 is 1.26 bits per heavy atom. The lowest BCUT2D eigenvalue weighted by atomic mass is 10.1. The Labute approximate surface area is 110 Å². The molecule has 0 bridgehead atoms. The van der Waals surface area contributed by atoms with Gasteiger partial charge in [0, 0.05) is 18.0 Å². The summed E-state index contributed by atoms with van der Waals surface area (Å²) >= 11 is 0. The molecule has 0 unspecified atom stereocenters. The van der Waals surface area contributed by atoms with Crippen molar-refractivity contribution in [2.45, 2.75) is 6.61 Å². The Hall–Kier alpha value is -2.40. The number of rotatable bonds is 3. The van der Waals surface area contributed by atoms with E-state index >= 15 is 0 Å². The van der Waals surface area contributed by atoms with Gasteiger partial charge < -0.3 is 9.84 Å². The van der Waals surface area contributed by atoms with Crippen LogP contribution in [0.4, 0.5) is 0 Å². The first-order valence-corrected chi connectivity index (χ1v) is 5.91. The standard InChI is InChI=1S/C14H13N3O2/c1-19-11-5-3-10(4-6-11)13-12(9-18)14-15-7-2-8-17(14)16-13/h2-8,18H,9H2,1H3. The lowest BCUT2D eigenvalue weighted by molar-refractivity contribution is 0.283. The molecule has 5 nitrogen and oxygen atoms in total. The molecule has 1 aromatic carbocycles. The molecule has 1 N–H and O–H groups in total. The number of benzene rings is 1. The first kappa shape index (κ1) is 11.7. The van der Waals surface area contributed by atoms with E-state index in [4.69, 9.17) is 4.74 Å². The molecule has 0 aliphatic carbocycles. The van der Waals surface area contributed by atoms with Gasteiger partial charge in [-0.15, -0.1) is 0 Å². The number of methoxy groups -OCH3 is 1. The van der Waals surface area contributed by atoms with Crippen molar-refractivity contribution in [3.05, 3.63) is 48.3 Å². The van der Waals surface area contributed by atoms with E-state index in [0.717, 1.165) is 22.6 Å². The van der Waals surface area contributed by atoms with E-state index in [1.54, 1.807) is 23.9 Å². The highest BCUT2D eigenvalue weighted by atomic mass is 16.5. The highest BCUT2D eigenvalue weighted by Gasteiger charge is 2.14. The van der Waals surface area contributed by atoms with E-state index in [9.17, 15) is 5.11 Å². The quantitative estimate of drug-likeness (QED) is 0.776. The Kier molecular flexibility index (Phi) is 2.89. The van der Waals surface area contributed by atoms with Gasteiger partial charge in [0.2, 0.25) is 0 Å². The zero-order chi connectivity index (χ0) is 13.2. The average molecular weight is 255 g/mol. The average Bonchev–Trinajstić information content (AvgIpc) is 2.85. The molecular weight excluding hydrogens is 242 g/mol. The summed E-state index contributed by atoms with van der Waals surface area (Å²) in [7, 11) is 1.63. The Morgan fingerprint density at radius 3 is 2.74 bits per heavy atom. The van der Waals surface area contributed by atoms with Crippen molar-refractivity contribution in [2.24, 2.45) is 0 Å².